The molecule has 0 saturated carbocycles. The van der Waals surface area contributed by atoms with E-state index < -0.39 is 10.0 Å². The molecular formula is C20H22N4O2S. The van der Waals surface area contributed by atoms with E-state index >= 15 is 0 Å². The van der Waals surface area contributed by atoms with Crippen LogP contribution in [0.3, 0.4) is 0 Å². The van der Waals surface area contributed by atoms with Crippen LogP contribution >= 0.6 is 0 Å². The number of sulfonamides is 1. The minimum absolute atomic E-state index is 0.139. The maximum Gasteiger partial charge on any atom is 0.240 e. The maximum atomic E-state index is 12.7. The van der Waals surface area contributed by atoms with E-state index in [0.29, 0.717) is 10.6 Å². The van der Waals surface area contributed by atoms with Gasteiger partial charge in [0.2, 0.25) is 10.0 Å². The van der Waals surface area contributed by atoms with Crippen LogP contribution in [0, 0.1) is 0 Å². The largest absolute Gasteiger partial charge is 0.266 e. The average Bonchev–Trinajstić information content (AvgIpc) is 3.07. The van der Waals surface area contributed by atoms with Crippen molar-refractivity contribution in [2.24, 2.45) is 7.05 Å². The molecular weight excluding hydrogens is 360 g/mol. The van der Waals surface area contributed by atoms with Crippen LogP contribution in [0.25, 0.3) is 11.4 Å². The van der Waals surface area contributed by atoms with Crippen LogP contribution in [0.4, 0.5) is 0 Å². The third kappa shape index (κ3) is 3.79. The van der Waals surface area contributed by atoms with Crippen molar-refractivity contribution in [3.63, 3.8) is 0 Å². The first-order valence-corrected chi connectivity index (χ1v) is 10.6. The number of nitrogens with one attached hydrogen (secondary N) is 1. The summed E-state index contributed by atoms with van der Waals surface area (Å²) in [6, 6.07) is 13.0. The van der Waals surface area contributed by atoms with Gasteiger partial charge in [0.25, 0.3) is 0 Å². The van der Waals surface area contributed by atoms with Crippen molar-refractivity contribution in [3.05, 3.63) is 65.5 Å². The summed E-state index contributed by atoms with van der Waals surface area (Å²) in [6.45, 7) is 0.139. The third-order valence-corrected chi connectivity index (χ3v) is 6.33. The molecule has 0 unspecified atom stereocenters. The Labute approximate surface area is 159 Å². The minimum atomic E-state index is -3.58. The van der Waals surface area contributed by atoms with Crippen molar-refractivity contribution < 1.29 is 8.42 Å². The van der Waals surface area contributed by atoms with E-state index in [-0.39, 0.29) is 6.54 Å². The first-order chi connectivity index (χ1) is 13.0. The summed E-state index contributed by atoms with van der Waals surface area (Å²) in [4.78, 5) is 4.64. The number of rotatable bonds is 5. The van der Waals surface area contributed by atoms with Crippen molar-refractivity contribution in [1.29, 1.82) is 0 Å². The second-order valence-electron chi connectivity index (χ2n) is 6.82. The van der Waals surface area contributed by atoms with Gasteiger partial charge in [-0.1, -0.05) is 12.1 Å². The molecule has 1 aliphatic carbocycles. The van der Waals surface area contributed by atoms with E-state index in [1.165, 1.54) is 12.0 Å². The number of nitrogens with zero attached hydrogens (tertiary/aromatic N) is 3. The molecule has 1 N–H and O–H groups in total. The summed E-state index contributed by atoms with van der Waals surface area (Å²) < 4.78 is 29.8. The highest BCUT2D eigenvalue weighted by molar-refractivity contribution is 7.89. The summed E-state index contributed by atoms with van der Waals surface area (Å²) in [5, 5.41) is 4.40. The molecule has 140 valence electrons. The number of fused-ring (bicyclic) bond motifs is 1. The van der Waals surface area contributed by atoms with Crippen LogP contribution in [-0.2, 0) is 36.5 Å². The molecule has 0 spiro atoms. The summed E-state index contributed by atoms with van der Waals surface area (Å²) in [7, 11) is -1.75. The SMILES string of the molecule is Cn1nc(CNS(=O)(=O)c2ccc3c(c2)CCCC3)cc1-c1ccccn1. The van der Waals surface area contributed by atoms with Gasteiger partial charge in [-0.2, -0.15) is 5.10 Å². The smallest absolute Gasteiger partial charge is 0.240 e. The molecule has 1 aromatic carbocycles. The highest BCUT2D eigenvalue weighted by atomic mass is 32.2. The standard InChI is InChI=1S/C20H22N4O2S/c1-24-20(19-8-4-5-11-21-19)13-17(23-24)14-22-27(25,26)18-10-9-15-6-2-3-7-16(15)12-18/h4-5,8-13,22H,2-3,6-7,14H2,1H3. The quantitative estimate of drug-likeness (QED) is 0.736. The van der Waals surface area contributed by atoms with E-state index in [1.807, 2.05) is 43.4 Å². The molecule has 6 nitrogen and oxygen atoms in total. The summed E-state index contributed by atoms with van der Waals surface area (Å²) in [5.41, 5.74) is 4.72. The second kappa shape index (κ2) is 7.25. The van der Waals surface area contributed by atoms with Gasteiger partial charge in [0.1, 0.15) is 0 Å². The van der Waals surface area contributed by atoms with Crippen LogP contribution in [0.1, 0.15) is 29.7 Å². The lowest BCUT2D eigenvalue weighted by Gasteiger charge is -2.16. The van der Waals surface area contributed by atoms with E-state index in [0.717, 1.165) is 36.2 Å². The van der Waals surface area contributed by atoms with Crippen molar-refractivity contribution in [2.45, 2.75) is 37.1 Å². The fourth-order valence-corrected chi connectivity index (χ4v) is 4.55. The van der Waals surface area contributed by atoms with Gasteiger partial charge in [-0.3, -0.25) is 9.67 Å². The van der Waals surface area contributed by atoms with Crippen LogP contribution in [-0.4, -0.2) is 23.2 Å². The van der Waals surface area contributed by atoms with Crippen molar-refractivity contribution >= 4 is 10.0 Å². The van der Waals surface area contributed by atoms with Gasteiger partial charge in [-0.25, -0.2) is 13.1 Å². The van der Waals surface area contributed by atoms with Crippen LogP contribution < -0.4 is 4.72 Å². The van der Waals surface area contributed by atoms with Crippen molar-refractivity contribution in [2.75, 3.05) is 0 Å². The second-order valence-corrected chi connectivity index (χ2v) is 8.59. The lowest BCUT2D eigenvalue weighted by atomic mass is 9.92. The topological polar surface area (TPSA) is 76.9 Å². The summed E-state index contributed by atoms with van der Waals surface area (Å²) >= 11 is 0. The zero-order chi connectivity index (χ0) is 18.9. The number of aromatic nitrogens is 3. The highest BCUT2D eigenvalue weighted by Crippen LogP contribution is 2.24. The molecule has 0 amide bonds. The molecule has 0 fully saturated rings. The first-order valence-electron chi connectivity index (χ1n) is 9.09. The molecule has 0 bridgehead atoms. The molecule has 27 heavy (non-hydrogen) atoms. The fraction of sp³-hybridized carbons (Fsp3) is 0.300. The molecule has 4 rings (SSSR count). The van der Waals surface area contributed by atoms with Gasteiger partial charge in [0.05, 0.1) is 28.5 Å². The molecule has 0 atom stereocenters. The Morgan fingerprint density at radius 1 is 1.07 bits per heavy atom. The lowest BCUT2D eigenvalue weighted by molar-refractivity contribution is 0.579. The van der Waals surface area contributed by atoms with Crippen LogP contribution in [0.5, 0.6) is 0 Å². The Hall–Kier alpha value is -2.51. The third-order valence-electron chi connectivity index (χ3n) is 4.93. The molecule has 2 heterocycles. The predicted octanol–water partition coefficient (Wildman–Crippen LogP) is 2.84. The van der Waals surface area contributed by atoms with E-state index in [2.05, 4.69) is 14.8 Å². The zero-order valence-electron chi connectivity index (χ0n) is 15.2. The van der Waals surface area contributed by atoms with Crippen LogP contribution in [0.15, 0.2) is 53.6 Å². The lowest BCUT2D eigenvalue weighted by Crippen LogP contribution is -2.24. The number of aryl methyl sites for hydroxylation is 3. The molecule has 0 radical (unpaired) electrons. The molecule has 1 aliphatic rings. The van der Waals surface area contributed by atoms with Gasteiger partial charge < -0.3 is 0 Å². The monoisotopic (exact) mass is 382 g/mol. The van der Waals surface area contributed by atoms with Gasteiger partial charge in [0, 0.05) is 13.2 Å². The van der Waals surface area contributed by atoms with Gasteiger partial charge in [0.15, 0.2) is 0 Å². The highest BCUT2D eigenvalue weighted by Gasteiger charge is 2.18. The van der Waals surface area contributed by atoms with Crippen LogP contribution in [0.2, 0.25) is 0 Å². The van der Waals surface area contributed by atoms with Gasteiger partial charge in [-0.15, -0.1) is 0 Å². The fourth-order valence-electron chi connectivity index (χ4n) is 3.50. The average molecular weight is 382 g/mol. The minimum Gasteiger partial charge on any atom is -0.266 e. The molecule has 7 heteroatoms. The number of benzene rings is 1. The Morgan fingerprint density at radius 3 is 2.67 bits per heavy atom. The zero-order valence-corrected chi connectivity index (χ0v) is 16.0. The Morgan fingerprint density at radius 2 is 1.89 bits per heavy atom. The summed E-state index contributed by atoms with van der Waals surface area (Å²) in [5.74, 6) is 0. The van der Waals surface area contributed by atoms with E-state index in [4.69, 9.17) is 0 Å². The first kappa shape index (κ1) is 17.9. The summed E-state index contributed by atoms with van der Waals surface area (Å²) in [6.07, 6.45) is 6.00. The molecule has 3 aromatic rings. The van der Waals surface area contributed by atoms with Crippen molar-refractivity contribution in [1.82, 2.24) is 19.5 Å². The molecule has 2 aromatic heterocycles. The molecule has 0 saturated heterocycles. The van der Waals surface area contributed by atoms with Gasteiger partial charge in [-0.05, 0) is 67.1 Å². The Bertz CT molecular complexity index is 1060. The van der Waals surface area contributed by atoms with Crippen molar-refractivity contribution in [3.8, 4) is 11.4 Å². The Balaban J connectivity index is 1.51. The normalized spacial score (nSPS) is 14.1. The van der Waals surface area contributed by atoms with E-state index in [9.17, 15) is 8.42 Å². The Kier molecular flexibility index (Phi) is 4.80. The number of pyridine rings is 1. The van der Waals surface area contributed by atoms with Gasteiger partial charge >= 0.3 is 0 Å². The number of hydrogen-bond donors (Lipinski definition) is 1. The maximum absolute atomic E-state index is 12.7. The number of hydrogen-bond acceptors (Lipinski definition) is 4. The van der Waals surface area contributed by atoms with E-state index in [1.54, 1.807) is 16.9 Å². The predicted molar refractivity (Wildman–Crippen MR) is 104 cm³/mol. The molecule has 0 aliphatic heterocycles.